The number of para-hydroxylation sites is 1. The van der Waals surface area contributed by atoms with Crippen molar-refractivity contribution in [2.24, 2.45) is 4.99 Å². The predicted molar refractivity (Wildman–Crippen MR) is 63.1 cm³/mol. The molecular weight excluding hydrogens is 210 g/mol. The van der Waals surface area contributed by atoms with Gasteiger partial charge in [0, 0.05) is 0 Å². The summed E-state index contributed by atoms with van der Waals surface area (Å²) in [5, 5.41) is 0.547. The molecule has 0 amide bonds. The third kappa shape index (κ3) is 1.86. The summed E-state index contributed by atoms with van der Waals surface area (Å²) >= 11 is 6.15. The van der Waals surface area contributed by atoms with E-state index in [9.17, 15) is 0 Å². The van der Waals surface area contributed by atoms with E-state index < -0.39 is 0 Å². The van der Waals surface area contributed by atoms with E-state index in [4.69, 9.17) is 16.3 Å². The van der Waals surface area contributed by atoms with Gasteiger partial charge in [0.15, 0.2) is 0 Å². The van der Waals surface area contributed by atoms with Crippen molar-refractivity contribution in [2.45, 2.75) is 32.9 Å². The fourth-order valence-electron chi connectivity index (χ4n) is 1.61. The van der Waals surface area contributed by atoms with E-state index in [1.807, 2.05) is 39.0 Å². The Labute approximate surface area is 94.9 Å². The van der Waals surface area contributed by atoms with Crippen LogP contribution in [0.4, 0.5) is 0 Å². The van der Waals surface area contributed by atoms with Crippen molar-refractivity contribution in [2.75, 3.05) is 0 Å². The van der Waals surface area contributed by atoms with Crippen LogP contribution in [0.1, 0.15) is 25.0 Å². The minimum Gasteiger partial charge on any atom is -0.487 e. The Morgan fingerprint density at radius 3 is 2.80 bits per heavy atom. The molecule has 2 atom stereocenters. The molecule has 15 heavy (non-hydrogen) atoms. The molecule has 1 aliphatic heterocycles. The van der Waals surface area contributed by atoms with Crippen molar-refractivity contribution < 1.29 is 4.74 Å². The second-order valence-electron chi connectivity index (χ2n) is 3.94. The Bertz CT molecular complexity index is 414. The Hall–Kier alpha value is -1.02. The number of hydrogen-bond donors (Lipinski definition) is 0. The smallest absolute Gasteiger partial charge is 0.135 e. The molecule has 3 heteroatoms. The zero-order valence-electron chi connectivity index (χ0n) is 9.12. The topological polar surface area (TPSA) is 21.6 Å². The number of nitrogens with zero attached hydrogens (tertiary/aromatic N) is 1. The highest BCUT2D eigenvalue weighted by Gasteiger charge is 2.22. The molecule has 2 nitrogen and oxygen atoms in total. The van der Waals surface area contributed by atoms with Gasteiger partial charge in [-0.1, -0.05) is 23.7 Å². The third-order valence-corrected chi connectivity index (χ3v) is 3.04. The predicted octanol–water partition coefficient (Wildman–Crippen LogP) is 3.15. The SMILES string of the molecule is Cc1cccc2c1O[C@@H](C)[C@H](C)N=C2Cl. The van der Waals surface area contributed by atoms with Crippen LogP contribution in [-0.4, -0.2) is 17.3 Å². The van der Waals surface area contributed by atoms with Gasteiger partial charge >= 0.3 is 0 Å². The van der Waals surface area contributed by atoms with E-state index in [1.54, 1.807) is 0 Å². The molecule has 0 N–H and O–H groups in total. The van der Waals surface area contributed by atoms with Gasteiger partial charge < -0.3 is 4.74 Å². The lowest BCUT2D eigenvalue weighted by Crippen LogP contribution is -2.23. The highest BCUT2D eigenvalue weighted by molar-refractivity contribution is 6.70. The van der Waals surface area contributed by atoms with Crippen LogP contribution in [0, 0.1) is 6.92 Å². The van der Waals surface area contributed by atoms with Crippen LogP contribution in [0.3, 0.4) is 0 Å². The molecule has 0 spiro atoms. The van der Waals surface area contributed by atoms with Crippen LogP contribution in [-0.2, 0) is 0 Å². The highest BCUT2D eigenvalue weighted by atomic mass is 35.5. The molecule has 0 saturated carbocycles. The number of rotatable bonds is 0. The van der Waals surface area contributed by atoms with Gasteiger partial charge in [0.1, 0.15) is 17.0 Å². The minimum atomic E-state index is 0.0566. The highest BCUT2D eigenvalue weighted by Crippen LogP contribution is 2.29. The molecule has 1 aliphatic rings. The largest absolute Gasteiger partial charge is 0.487 e. The maximum Gasteiger partial charge on any atom is 0.135 e. The summed E-state index contributed by atoms with van der Waals surface area (Å²) in [6.07, 6.45) is 0.0566. The molecule has 1 heterocycles. The molecule has 0 fully saturated rings. The van der Waals surface area contributed by atoms with Crippen LogP contribution < -0.4 is 4.74 Å². The van der Waals surface area contributed by atoms with Crippen molar-refractivity contribution in [1.82, 2.24) is 0 Å². The second-order valence-corrected chi connectivity index (χ2v) is 4.29. The number of aliphatic imine (C=N–C) groups is 1. The first-order valence-electron chi connectivity index (χ1n) is 5.09. The number of halogens is 1. The number of hydrogen-bond acceptors (Lipinski definition) is 2. The van der Waals surface area contributed by atoms with Gasteiger partial charge in [-0.3, -0.25) is 4.99 Å². The summed E-state index contributed by atoms with van der Waals surface area (Å²) < 4.78 is 5.87. The third-order valence-electron chi connectivity index (χ3n) is 2.73. The van der Waals surface area contributed by atoms with Crippen LogP contribution >= 0.6 is 11.6 Å². The van der Waals surface area contributed by atoms with E-state index in [-0.39, 0.29) is 12.1 Å². The molecule has 0 radical (unpaired) electrons. The standard InChI is InChI=1S/C12H14ClNO/c1-7-5-4-6-10-11(7)15-9(3)8(2)14-12(10)13/h4-6,8-9H,1-3H3/t8-,9-/m0/s1. The number of ether oxygens (including phenoxy) is 1. The lowest BCUT2D eigenvalue weighted by atomic mass is 10.1. The van der Waals surface area contributed by atoms with Gasteiger partial charge in [-0.15, -0.1) is 0 Å². The molecule has 0 aliphatic carbocycles. The summed E-state index contributed by atoms with van der Waals surface area (Å²) in [4.78, 5) is 4.40. The first-order chi connectivity index (χ1) is 7.09. The summed E-state index contributed by atoms with van der Waals surface area (Å²) in [6, 6.07) is 6.02. The van der Waals surface area contributed by atoms with E-state index >= 15 is 0 Å². The van der Waals surface area contributed by atoms with E-state index in [2.05, 4.69) is 4.99 Å². The van der Waals surface area contributed by atoms with Gasteiger partial charge in [0.25, 0.3) is 0 Å². The lowest BCUT2D eigenvalue weighted by Gasteiger charge is -2.17. The molecule has 2 rings (SSSR count). The molecule has 0 saturated heterocycles. The molecule has 0 aromatic heterocycles. The van der Waals surface area contributed by atoms with E-state index in [0.717, 1.165) is 16.9 Å². The quantitative estimate of drug-likeness (QED) is 0.662. The maximum atomic E-state index is 6.15. The summed E-state index contributed by atoms with van der Waals surface area (Å²) in [5.74, 6) is 0.864. The normalized spacial score (nSPS) is 24.9. The van der Waals surface area contributed by atoms with Crippen molar-refractivity contribution in [3.8, 4) is 5.75 Å². The monoisotopic (exact) mass is 223 g/mol. The van der Waals surface area contributed by atoms with Crippen LogP contribution in [0.15, 0.2) is 23.2 Å². The van der Waals surface area contributed by atoms with Gasteiger partial charge in [0.2, 0.25) is 0 Å². The number of benzene rings is 1. The van der Waals surface area contributed by atoms with Crippen molar-refractivity contribution in [1.29, 1.82) is 0 Å². The number of aryl methyl sites for hydroxylation is 1. The van der Waals surface area contributed by atoms with Crippen LogP contribution in [0.2, 0.25) is 0 Å². The van der Waals surface area contributed by atoms with Crippen molar-refractivity contribution in [3.05, 3.63) is 29.3 Å². The minimum absolute atomic E-state index is 0.0566. The van der Waals surface area contributed by atoms with Crippen molar-refractivity contribution >= 4 is 16.8 Å². The fraction of sp³-hybridized carbons (Fsp3) is 0.417. The van der Waals surface area contributed by atoms with Crippen molar-refractivity contribution in [3.63, 3.8) is 0 Å². The fourth-order valence-corrected chi connectivity index (χ4v) is 1.91. The van der Waals surface area contributed by atoms with Gasteiger partial charge in [-0.25, -0.2) is 0 Å². The zero-order chi connectivity index (χ0) is 11.0. The van der Waals surface area contributed by atoms with E-state index in [1.165, 1.54) is 0 Å². The van der Waals surface area contributed by atoms with Gasteiger partial charge in [-0.05, 0) is 32.4 Å². The molecule has 1 aromatic carbocycles. The Balaban J connectivity index is 2.57. The second kappa shape index (κ2) is 3.86. The summed E-state index contributed by atoms with van der Waals surface area (Å²) in [7, 11) is 0. The molecule has 80 valence electrons. The first-order valence-corrected chi connectivity index (χ1v) is 5.47. The van der Waals surface area contributed by atoms with Crippen LogP contribution in [0.25, 0.3) is 0 Å². The Morgan fingerprint density at radius 2 is 2.07 bits per heavy atom. The number of fused-ring (bicyclic) bond motifs is 1. The molecular formula is C12H14ClNO. The first kappa shape index (κ1) is 10.5. The maximum absolute atomic E-state index is 6.15. The Morgan fingerprint density at radius 1 is 1.33 bits per heavy atom. The zero-order valence-corrected chi connectivity index (χ0v) is 9.88. The van der Waals surface area contributed by atoms with Crippen LogP contribution in [0.5, 0.6) is 5.75 Å². The van der Waals surface area contributed by atoms with Gasteiger partial charge in [-0.2, -0.15) is 0 Å². The lowest BCUT2D eigenvalue weighted by molar-refractivity contribution is 0.199. The molecule has 0 unspecified atom stereocenters. The average Bonchev–Trinajstić information content (AvgIpc) is 2.29. The van der Waals surface area contributed by atoms with E-state index in [0.29, 0.717) is 5.17 Å². The summed E-state index contributed by atoms with van der Waals surface area (Å²) in [6.45, 7) is 6.04. The molecule has 1 aromatic rings. The Kier molecular flexibility index (Phi) is 2.70. The summed E-state index contributed by atoms with van der Waals surface area (Å²) in [5.41, 5.74) is 2.00. The average molecular weight is 224 g/mol. The van der Waals surface area contributed by atoms with Gasteiger partial charge in [0.05, 0.1) is 11.6 Å². The molecule has 0 bridgehead atoms.